The molecule has 0 heterocycles. The number of hydrogen-bond donors (Lipinski definition) is 2. The van der Waals surface area contributed by atoms with Gasteiger partial charge in [0.1, 0.15) is 11.8 Å². The van der Waals surface area contributed by atoms with Crippen LogP contribution in [0.3, 0.4) is 0 Å². The van der Waals surface area contributed by atoms with Crippen molar-refractivity contribution in [3.8, 4) is 5.75 Å². The molecule has 3 atom stereocenters. The molecule has 0 spiro atoms. The van der Waals surface area contributed by atoms with Crippen LogP contribution in [0.1, 0.15) is 37.1 Å². The van der Waals surface area contributed by atoms with E-state index in [2.05, 4.69) is 10.6 Å². The van der Waals surface area contributed by atoms with Crippen LogP contribution >= 0.6 is 23.2 Å². The smallest absolute Gasteiger partial charge is 0.452 e. The van der Waals surface area contributed by atoms with E-state index in [9.17, 15) is 27.6 Å². The number of Topliss-reactive ketones (excluding diaryl/α,β-unsaturated/α-hetero) is 1. The maximum absolute atomic E-state index is 13.6. The number of alkyl halides is 3. The normalized spacial score (nSPS) is 13.7. The maximum Gasteiger partial charge on any atom is 0.452 e. The number of ether oxygens (including phenoxy) is 1. The van der Waals surface area contributed by atoms with Crippen molar-refractivity contribution < 1.29 is 32.3 Å². The average molecular weight is 581 g/mol. The van der Waals surface area contributed by atoms with Gasteiger partial charge in [-0.05, 0) is 29.7 Å². The highest BCUT2D eigenvalue weighted by molar-refractivity contribution is 6.34. The zero-order valence-electron chi connectivity index (χ0n) is 20.8. The van der Waals surface area contributed by atoms with Gasteiger partial charge in [0.2, 0.25) is 12.0 Å². The van der Waals surface area contributed by atoms with Gasteiger partial charge in [0.25, 0.3) is 11.7 Å². The van der Waals surface area contributed by atoms with E-state index < -0.39 is 47.9 Å². The molecule has 0 aliphatic carbocycles. The molecule has 0 saturated heterocycles. The van der Waals surface area contributed by atoms with Crippen molar-refractivity contribution in [3.63, 3.8) is 0 Å². The van der Waals surface area contributed by atoms with E-state index in [0.29, 0.717) is 5.56 Å². The lowest BCUT2D eigenvalue weighted by Gasteiger charge is -2.27. The van der Waals surface area contributed by atoms with Crippen molar-refractivity contribution in [2.45, 2.75) is 38.2 Å². The van der Waals surface area contributed by atoms with E-state index in [4.69, 9.17) is 27.9 Å². The molecule has 0 fully saturated rings. The van der Waals surface area contributed by atoms with Gasteiger partial charge in [-0.15, -0.1) is 0 Å². The standard InChI is InChI=1S/C28H25Cl2F3N2O4/c1-16(2)22(25(36)28(31,32)33)34-26(37)23(17-9-5-3-6-10-17)35-27(38)24(18-11-7-4-8-12-18)39-21-14-19(29)13-20(30)15-21/h3-16,22-24H,1-2H3,(H,34,37)(H,35,38)/t22-,23-,24?/m0/s1. The fraction of sp³-hybridized carbons (Fsp3) is 0.250. The first-order chi connectivity index (χ1) is 18.4. The molecule has 2 N–H and O–H groups in total. The van der Waals surface area contributed by atoms with Crippen LogP contribution in [0.4, 0.5) is 13.2 Å². The fourth-order valence-electron chi connectivity index (χ4n) is 3.74. The lowest BCUT2D eigenvalue weighted by Crippen LogP contribution is -2.53. The first kappa shape index (κ1) is 30.0. The molecule has 206 valence electrons. The number of amides is 2. The molecule has 0 radical (unpaired) electrons. The number of carbonyl (C=O) groups excluding carboxylic acids is 3. The van der Waals surface area contributed by atoms with Crippen molar-refractivity contribution in [3.05, 3.63) is 100 Å². The van der Waals surface area contributed by atoms with Gasteiger partial charge in [0, 0.05) is 15.6 Å². The zero-order valence-corrected chi connectivity index (χ0v) is 22.3. The summed E-state index contributed by atoms with van der Waals surface area (Å²) in [5.74, 6) is -4.56. The SMILES string of the molecule is CC(C)[C@H](NC(=O)[C@@H](NC(=O)C(Oc1cc(Cl)cc(Cl)c1)c1ccccc1)c1ccccc1)C(=O)C(F)(F)F. The molecule has 3 aromatic rings. The van der Waals surface area contributed by atoms with E-state index in [-0.39, 0.29) is 21.4 Å². The number of halogens is 5. The topological polar surface area (TPSA) is 84.5 Å². The van der Waals surface area contributed by atoms with Crippen LogP contribution in [0, 0.1) is 5.92 Å². The second-order valence-electron chi connectivity index (χ2n) is 8.96. The van der Waals surface area contributed by atoms with E-state index >= 15 is 0 Å². The molecule has 11 heteroatoms. The lowest BCUT2D eigenvalue weighted by molar-refractivity contribution is -0.175. The monoisotopic (exact) mass is 580 g/mol. The van der Waals surface area contributed by atoms with Gasteiger partial charge >= 0.3 is 6.18 Å². The zero-order chi connectivity index (χ0) is 28.7. The molecule has 3 aromatic carbocycles. The highest BCUT2D eigenvalue weighted by Gasteiger charge is 2.45. The van der Waals surface area contributed by atoms with Gasteiger partial charge in [-0.3, -0.25) is 14.4 Å². The van der Waals surface area contributed by atoms with Crippen LogP contribution in [-0.4, -0.2) is 29.8 Å². The third-order valence-corrected chi connectivity index (χ3v) is 6.07. The Hall–Kier alpha value is -3.56. The molecule has 0 saturated carbocycles. The van der Waals surface area contributed by atoms with Crippen LogP contribution in [0.25, 0.3) is 0 Å². The first-order valence-corrected chi connectivity index (χ1v) is 12.6. The van der Waals surface area contributed by atoms with Crippen molar-refractivity contribution in [2.24, 2.45) is 5.92 Å². The number of hydrogen-bond acceptors (Lipinski definition) is 4. The largest absolute Gasteiger partial charge is 0.476 e. The average Bonchev–Trinajstić information content (AvgIpc) is 2.88. The first-order valence-electron chi connectivity index (χ1n) is 11.8. The summed E-state index contributed by atoms with van der Waals surface area (Å²) < 4.78 is 45.5. The summed E-state index contributed by atoms with van der Waals surface area (Å²) >= 11 is 12.1. The Bertz CT molecular complexity index is 1280. The number of rotatable bonds is 10. The van der Waals surface area contributed by atoms with Gasteiger partial charge in [-0.25, -0.2) is 0 Å². The summed E-state index contributed by atoms with van der Waals surface area (Å²) in [6.07, 6.45) is -6.45. The van der Waals surface area contributed by atoms with Crippen molar-refractivity contribution in [1.29, 1.82) is 0 Å². The Labute approximate surface area is 233 Å². The molecule has 39 heavy (non-hydrogen) atoms. The molecule has 3 rings (SSSR count). The summed E-state index contributed by atoms with van der Waals surface area (Å²) in [6, 6.07) is 17.4. The molecule has 0 aliphatic rings. The maximum atomic E-state index is 13.6. The van der Waals surface area contributed by atoms with Gasteiger partial charge in [-0.2, -0.15) is 13.2 Å². The minimum atomic E-state index is -5.15. The molecule has 1 unspecified atom stereocenters. The second-order valence-corrected chi connectivity index (χ2v) is 9.83. The van der Waals surface area contributed by atoms with Crippen LogP contribution in [0.15, 0.2) is 78.9 Å². The minimum Gasteiger partial charge on any atom is -0.476 e. The second kappa shape index (κ2) is 13.0. The van der Waals surface area contributed by atoms with Crippen LogP contribution in [0.5, 0.6) is 5.75 Å². The Morgan fingerprint density at radius 3 is 1.77 bits per heavy atom. The van der Waals surface area contributed by atoms with Gasteiger partial charge in [0.15, 0.2) is 0 Å². The molecule has 6 nitrogen and oxygen atoms in total. The Morgan fingerprint density at radius 2 is 1.28 bits per heavy atom. The van der Waals surface area contributed by atoms with Crippen LogP contribution in [0.2, 0.25) is 10.0 Å². The summed E-state index contributed by atoms with van der Waals surface area (Å²) in [5, 5.41) is 5.27. The Kier molecular flexibility index (Phi) is 9.99. The summed E-state index contributed by atoms with van der Waals surface area (Å²) in [5.41, 5.74) is 0.702. The predicted octanol–water partition coefficient (Wildman–Crippen LogP) is 6.24. The molecule has 0 aliphatic heterocycles. The molecule has 0 aromatic heterocycles. The molecular formula is C28H25Cl2F3N2O4. The predicted molar refractivity (Wildman–Crippen MR) is 141 cm³/mol. The summed E-state index contributed by atoms with van der Waals surface area (Å²) in [7, 11) is 0. The van der Waals surface area contributed by atoms with Gasteiger partial charge in [-0.1, -0.05) is 97.7 Å². The lowest BCUT2D eigenvalue weighted by atomic mass is 9.97. The minimum absolute atomic E-state index is 0.174. The number of ketones is 1. The molecular weight excluding hydrogens is 556 g/mol. The highest BCUT2D eigenvalue weighted by atomic mass is 35.5. The third-order valence-electron chi connectivity index (χ3n) is 5.64. The molecule has 0 bridgehead atoms. The van der Waals surface area contributed by atoms with E-state index in [1.54, 1.807) is 48.5 Å². The fourth-order valence-corrected chi connectivity index (χ4v) is 4.25. The van der Waals surface area contributed by atoms with Crippen LogP contribution < -0.4 is 15.4 Å². The Balaban J connectivity index is 1.95. The quantitative estimate of drug-likeness (QED) is 0.297. The van der Waals surface area contributed by atoms with E-state index in [1.807, 2.05) is 0 Å². The summed E-state index contributed by atoms with van der Waals surface area (Å²) in [4.78, 5) is 38.9. The van der Waals surface area contributed by atoms with Crippen molar-refractivity contribution in [1.82, 2.24) is 10.6 Å². The highest BCUT2D eigenvalue weighted by Crippen LogP contribution is 2.29. The Morgan fingerprint density at radius 1 is 0.769 bits per heavy atom. The van der Waals surface area contributed by atoms with Crippen LogP contribution in [-0.2, 0) is 14.4 Å². The number of benzene rings is 3. The number of nitrogens with one attached hydrogen (secondary N) is 2. The summed E-state index contributed by atoms with van der Waals surface area (Å²) in [6.45, 7) is 2.75. The van der Waals surface area contributed by atoms with Gasteiger partial charge < -0.3 is 15.4 Å². The third kappa shape index (κ3) is 8.21. The van der Waals surface area contributed by atoms with E-state index in [0.717, 1.165) is 0 Å². The molecule has 2 amide bonds. The van der Waals surface area contributed by atoms with Crippen molar-refractivity contribution >= 4 is 40.8 Å². The van der Waals surface area contributed by atoms with Crippen molar-refractivity contribution in [2.75, 3.05) is 0 Å². The van der Waals surface area contributed by atoms with Gasteiger partial charge in [0.05, 0.1) is 6.04 Å². The van der Waals surface area contributed by atoms with E-state index in [1.165, 1.54) is 44.2 Å². The number of carbonyl (C=O) groups is 3.